The fraction of sp³-hybridized carbons (Fsp3) is 0.857. The van der Waals surface area contributed by atoms with Gasteiger partial charge in [-0.05, 0) is 68.6 Å². The minimum atomic E-state index is -0.509. The van der Waals surface area contributed by atoms with Crippen molar-refractivity contribution in [1.82, 2.24) is 0 Å². The summed E-state index contributed by atoms with van der Waals surface area (Å²) in [6.07, 6.45) is 6.31. The third kappa shape index (κ3) is 1.71. The Kier molecular flexibility index (Phi) is 2.53. The summed E-state index contributed by atoms with van der Waals surface area (Å²) in [6.45, 7) is 1.53. The van der Waals surface area contributed by atoms with E-state index in [0.717, 1.165) is 11.8 Å². The van der Waals surface area contributed by atoms with Crippen molar-refractivity contribution in [2.24, 2.45) is 41.2 Å². The zero-order valence-corrected chi connectivity index (χ0v) is 10.4. The van der Waals surface area contributed by atoms with Gasteiger partial charge in [0.1, 0.15) is 5.78 Å². The van der Waals surface area contributed by atoms with Crippen molar-refractivity contribution in [2.45, 2.75) is 39.0 Å². The van der Waals surface area contributed by atoms with Gasteiger partial charge in [0.25, 0.3) is 0 Å². The first-order valence-corrected chi connectivity index (χ1v) is 6.86. The standard InChI is InChI=1S/C14H21NO2/c1-7(16)12(14(15)17)13-10-3-8-2-9(5-10)6-11(13)4-8/h8-13H,2-6H2,1H3,(H2,15,17). The lowest BCUT2D eigenvalue weighted by Gasteiger charge is -2.55. The molecule has 0 radical (unpaired) electrons. The molecule has 0 spiro atoms. The summed E-state index contributed by atoms with van der Waals surface area (Å²) in [5.41, 5.74) is 5.46. The first-order chi connectivity index (χ1) is 8.06. The van der Waals surface area contributed by atoms with E-state index in [1.165, 1.54) is 39.0 Å². The zero-order chi connectivity index (χ0) is 12.2. The van der Waals surface area contributed by atoms with Gasteiger partial charge in [0.15, 0.2) is 0 Å². The summed E-state index contributed by atoms with van der Waals surface area (Å²) in [4.78, 5) is 23.3. The first-order valence-electron chi connectivity index (χ1n) is 6.86. The molecule has 17 heavy (non-hydrogen) atoms. The van der Waals surface area contributed by atoms with E-state index >= 15 is 0 Å². The van der Waals surface area contributed by atoms with Gasteiger partial charge >= 0.3 is 0 Å². The van der Waals surface area contributed by atoms with Crippen molar-refractivity contribution in [3.63, 3.8) is 0 Å². The Morgan fingerprint density at radius 1 is 1.00 bits per heavy atom. The molecule has 4 aliphatic carbocycles. The molecule has 0 saturated heterocycles. The molecule has 0 heterocycles. The summed E-state index contributed by atoms with van der Waals surface area (Å²) in [5, 5.41) is 0. The van der Waals surface area contributed by atoms with Gasteiger partial charge in [0, 0.05) is 0 Å². The third-order valence-corrected chi connectivity index (χ3v) is 5.43. The number of carbonyl (C=O) groups excluding carboxylic acids is 2. The van der Waals surface area contributed by atoms with E-state index in [0.29, 0.717) is 11.8 Å². The van der Waals surface area contributed by atoms with Gasteiger partial charge in [0.2, 0.25) is 5.91 Å². The van der Waals surface area contributed by atoms with Crippen molar-refractivity contribution in [1.29, 1.82) is 0 Å². The molecule has 0 aliphatic heterocycles. The molecular weight excluding hydrogens is 214 g/mol. The number of hydrogen-bond donors (Lipinski definition) is 1. The van der Waals surface area contributed by atoms with Crippen LogP contribution < -0.4 is 5.73 Å². The van der Waals surface area contributed by atoms with E-state index in [4.69, 9.17) is 5.73 Å². The van der Waals surface area contributed by atoms with E-state index in [9.17, 15) is 9.59 Å². The van der Waals surface area contributed by atoms with Crippen LogP contribution in [0.4, 0.5) is 0 Å². The molecule has 2 N–H and O–H groups in total. The smallest absolute Gasteiger partial charge is 0.228 e. The Morgan fingerprint density at radius 2 is 1.47 bits per heavy atom. The number of Topliss-reactive ketones (excluding diaryl/α,β-unsaturated/α-hetero) is 1. The Hall–Kier alpha value is -0.860. The van der Waals surface area contributed by atoms with Crippen LogP contribution in [-0.2, 0) is 9.59 Å². The number of carbonyl (C=O) groups is 2. The number of primary amides is 1. The van der Waals surface area contributed by atoms with Crippen LogP contribution in [0.15, 0.2) is 0 Å². The lowest BCUT2D eigenvalue weighted by molar-refractivity contribution is -0.142. The zero-order valence-electron chi connectivity index (χ0n) is 10.4. The number of rotatable bonds is 3. The Bertz CT molecular complexity index is 321. The minimum absolute atomic E-state index is 0.0185. The highest BCUT2D eigenvalue weighted by atomic mass is 16.2. The van der Waals surface area contributed by atoms with Gasteiger partial charge in [-0.15, -0.1) is 0 Å². The maximum absolute atomic E-state index is 11.7. The van der Waals surface area contributed by atoms with Crippen molar-refractivity contribution in [3.8, 4) is 0 Å². The maximum atomic E-state index is 11.7. The lowest BCUT2D eigenvalue weighted by Crippen LogP contribution is -2.51. The normalized spacial score (nSPS) is 44.6. The number of amides is 1. The van der Waals surface area contributed by atoms with Crippen LogP contribution in [0, 0.1) is 35.5 Å². The number of nitrogens with two attached hydrogens (primary N) is 1. The molecule has 94 valence electrons. The van der Waals surface area contributed by atoms with Gasteiger partial charge in [-0.25, -0.2) is 0 Å². The minimum Gasteiger partial charge on any atom is -0.369 e. The molecule has 3 nitrogen and oxygen atoms in total. The summed E-state index contributed by atoms with van der Waals surface area (Å²) in [7, 11) is 0. The summed E-state index contributed by atoms with van der Waals surface area (Å²) < 4.78 is 0. The highest BCUT2D eigenvalue weighted by molar-refractivity contribution is 5.99. The molecular formula is C14H21NO2. The molecule has 1 amide bonds. The predicted molar refractivity (Wildman–Crippen MR) is 63.9 cm³/mol. The van der Waals surface area contributed by atoms with Crippen molar-refractivity contribution in [3.05, 3.63) is 0 Å². The molecule has 0 aromatic heterocycles. The number of ketones is 1. The molecule has 0 aromatic carbocycles. The quantitative estimate of drug-likeness (QED) is 0.757. The highest BCUT2D eigenvalue weighted by Gasteiger charge is 2.52. The second-order valence-electron chi connectivity index (χ2n) is 6.50. The Morgan fingerprint density at radius 3 is 1.82 bits per heavy atom. The molecule has 4 saturated carbocycles. The average molecular weight is 235 g/mol. The first kappa shape index (κ1) is 11.2. The summed E-state index contributed by atoms with van der Waals surface area (Å²) in [6, 6.07) is 0. The van der Waals surface area contributed by atoms with Crippen LogP contribution in [0.1, 0.15) is 39.0 Å². The van der Waals surface area contributed by atoms with Crippen LogP contribution in [0.3, 0.4) is 0 Å². The van der Waals surface area contributed by atoms with Gasteiger partial charge < -0.3 is 5.73 Å². The van der Waals surface area contributed by atoms with Crippen molar-refractivity contribution in [2.75, 3.05) is 0 Å². The van der Waals surface area contributed by atoms with Gasteiger partial charge in [0.05, 0.1) is 5.92 Å². The third-order valence-electron chi connectivity index (χ3n) is 5.43. The monoisotopic (exact) mass is 235 g/mol. The second kappa shape index (κ2) is 3.82. The number of hydrogen-bond acceptors (Lipinski definition) is 2. The van der Waals surface area contributed by atoms with Crippen LogP contribution in [0.5, 0.6) is 0 Å². The Labute approximate surface area is 102 Å². The topological polar surface area (TPSA) is 60.2 Å². The van der Waals surface area contributed by atoms with Crippen LogP contribution in [0.25, 0.3) is 0 Å². The maximum Gasteiger partial charge on any atom is 0.228 e. The van der Waals surface area contributed by atoms with Crippen molar-refractivity contribution >= 4 is 11.7 Å². The molecule has 4 bridgehead atoms. The van der Waals surface area contributed by atoms with E-state index in [1.54, 1.807) is 0 Å². The predicted octanol–water partition coefficient (Wildman–Crippen LogP) is 1.75. The van der Waals surface area contributed by atoms with Crippen LogP contribution >= 0.6 is 0 Å². The highest BCUT2D eigenvalue weighted by Crippen LogP contribution is 2.58. The molecule has 1 unspecified atom stereocenters. The molecule has 1 atom stereocenters. The largest absolute Gasteiger partial charge is 0.369 e. The molecule has 4 fully saturated rings. The van der Waals surface area contributed by atoms with Crippen molar-refractivity contribution < 1.29 is 9.59 Å². The summed E-state index contributed by atoms with van der Waals surface area (Å²) >= 11 is 0. The second-order valence-corrected chi connectivity index (χ2v) is 6.50. The fourth-order valence-electron chi connectivity index (χ4n) is 5.17. The Balaban J connectivity index is 1.88. The lowest BCUT2D eigenvalue weighted by atomic mass is 9.49. The fourth-order valence-corrected chi connectivity index (χ4v) is 5.17. The molecule has 0 aromatic rings. The van der Waals surface area contributed by atoms with Gasteiger partial charge in [-0.3, -0.25) is 9.59 Å². The van der Waals surface area contributed by atoms with Crippen LogP contribution in [0.2, 0.25) is 0 Å². The van der Waals surface area contributed by atoms with E-state index in [1.807, 2.05) is 0 Å². The van der Waals surface area contributed by atoms with Gasteiger partial charge in [-0.2, -0.15) is 0 Å². The van der Waals surface area contributed by atoms with Crippen LogP contribution in [-0.4, -0.2) is 11.7 Å². The van der Waals surface area contributed by atoms with E-state index in [-0.39, 0.29) is 11.7 Å². The van der Waals surface area contributed by atoms with E-state index < -0.39 is 11.8 Å². The summed E-state index contributed by atoms with van der Waals surface area (Å²) in [5.74, 6) is 2.26. The average Bonchev–Trinajstić information content (AvgIpc) is 2.20. The van der Waals surface area contributed by atoms with E-state index in [2.05, 4.69) is 0 Å². The molecule has 4 rings (SSSR count). The SMILES string of the molecule is CC(=O)C(C(N)=O)C1C2CC3CC(C2)CC1C3. The molecule has 3 heteroatoms. The molecule has 4 aliphatic rings. The van der Waals surface area contributed by atoms with Gasteiger partial charge in [-0.1, -0.05) is 0 Å².